The highest BCUT2D eigenvalue weighted by molar-refractivity contribution is 5.96. The second-order valence-electron chi connectivity index (χ2n) is 4.59. The van der Waals surface area contributed by atoms with Crippen LogP contribution in [-0.4, -0.2) is 15.3 Å². The second-order valence-corrected chi connectivity index (χ2v) is 4.59. The first-order chi connectivity index (χ1) is 9.00. The van der Waals surface area contributed by atoms with Gasteiger partial charge in [0.15, 0.2) is 5.78 Å². The predicted molar refractivity (Wildman–Crippen MR) is 67.0 cm³/mol. The predicted octanol–water partition coefficient (Wildman–Crippen LogP) is 3.17. The van der Waals surface area contributed by atoms with Crippen molar-refractivity contribution in [3.05, 3.63) is 53.6 Å². The van der Waals surface area contributed by atoms with Crippen molar-refractivity contribution < 1.29 is 13.6 Å². The zero-order valence-corrected chi connectivity index (χ0v) is 10.7. The van der Waals surface area contributed by atoms with Gasteiger partial charge in [-0.05, 0) is 12.1 Å². The quantitative estimate of drug-likeness (QED) is 0.795. The van der Waals surface area contributed by atoms with Crippen molar-refractivity contribution in [2.75, 3.05) is 0 Å². The van der Waals surface area contributed by atoms with Gasteiger partial charge in [-0.3, -0.25) is 4.79 Å². The molecule has 2 aromatic rings. The Kier molecular flexibility index (Phi) is 3.74. The van der Waals surface area contributed by atoms with Gasteiger partial charge >= 0.3 is 0 Å². The maximum absolute atomic E-state index is 13.5. The van der Waals surface area contributed by atoms with Crippen molar-refractivity contribution in [3.63, 3.8) is 0 Å². The SMILES string of the molecule is CC(C)c1nccn1CC(=O)c1c(F)cccc1F. The van der Waals surface area contributed by atoms with Gasteiger partial charge in [0, 0.05) is 18.3 Å². The number of nitrogens with zero attached hydrogens (tertiary/aromatic N) is 2. The average molecular weight is 264 g/mol. The van der Waals surface area contributed by atoms with Crippen LogP contribution in [0.3, 0.4) is 0 Å². The molecule has 1 heterocycles. The molecular weight excluding hydrogens is 250 g/mol. The maximum Gasteiger partial charge on any atom is 0.188 e. The minimum absolute atomic E-state index is 0.120. The molecular formula is C14H14F2N2O. The summed E-state index contributed by atoms with van der Waals surface area (Å²) in [6.07, 6.45) is 3.20. The second kappa shape index (κ2) is 5.30. The first-order valence-corrected chi connectivity index (χ1v) is 5.99. The lowest BCUT2D eigenvalue weighted by Crippen LogP contribution is -2.16. The van der Waals surface area contributed by atoms with Crippen LogP contribution in [-0.2, 0) is 6.54 Å². The number of hydrogen-bond donors (Lipinski definition) is 0. The molecule has 19 heavy (non-hydrogen) atoms. The molecule has 0 fully saturated rings. The van der Waals surface area contributed by atoms with E-state index in [-0.39, 0.29) is 12.5 Å². The molecule has 0 aliphatic heterocycles. The Morgan fingerprint density at radius 1 is 1.32 bits per heavy atom. The van der Waals surface area contributed by atoms with Gasteiger partial charge in [-0.15, -0.1) is 0 Å². The first-order valence-electron chi connectivity index (χ1n) is 5.99. The van der Waals surface area contributed by atoms with Gasteiger partial charge in [-0.1, -0.05) is 19.9 Å². The van der Waals surface area contributed by atoms with Crippen LogP contribution in [0.25, 0.3) is 0 Å². The molecule has 0 radical (unpaired) electrons. The van der Waals surface area contributed by atoms with Gasteiger partial charge in [0.05, 0.1) is 12.1 Å². The highest BCUT2D eigenvalue weighted by Gasteiger charge is 2.18. The summed E-state index contributed by atoms with van der Waals surface area (Å²) in [5.41, 5.74) is -0.495. The van der Waals surface area contributed by atoms with Gasteiger partial charge < -0.3 is 4.57 Å². The lowest BCUT2D eigenvalue weighted by atomic mass is 10.1. The molecule has 0 N–H and O–H groups in total. The Morgan fingerprint density at radius 2 is 1.95 bits per heavy atom. The van der Waals surface area contributed by atoms with E-state index in [4.69, 9.17) is 0 Å². The highest BCUT2D eigenvalue weighted by Crippen LogP contribution is 2.16. The molecule has 2 rings (SSSR count). The molecule has 0 unspecified atom stereocenters. The number of imidazole rings is 1. The molecule has 0 saturated carbocycles. The zero-order chi connectivity index (χ0) is 14.0. The van der Waals surface area contributed by atoms with Crippen LogP contribution >= 0.6 is 0 Å². The molecule has 0 atom stereocenters. The summed E-state index contributed by atoms with van der Waals surface area (Å²) < 4.78 is 28.6. The smallest absolute Gasteiger partial charge is 0.188 e. The molecule has 0 bridgehead atoms. The van der Waals surface area contributed by atoms with Crippen LogP contribution in [0.15, 0.2) is 30.6 Å². The van der Waals surface area contributed by atoms with E-state index in [2.05, 4.69) is 4.98 Å². The van der Waals surface area contributed by atoms with Gasteiger partial charge in [0.25, 0.3) is 0 Å². The highest BCUT2D eigenvalue weighted by atomic mass is 19.1. The fourth-order valence-electron chi connectivity index (χ4n) is 1.95. The molecule has 5 heteroatoms. The number of hydrogen-bond acceptors (Lipinski definition) is 2. The number of benzene rings is 1. The molecule has 0 aliphatic rings. The topological polar surface area (TPSA) is 34.9 Å². The number of aromatic nitrogens is 2. The normalized spacial score (nSPS) is 11.0. The lowest BCUT2D eigenvalue weighted by molar-refractivity contribution is 0.0962. The van der Waals surface area contributed by atoms with Crippen molar-refractivity contribution in [1.82, 2.24) is 9.55 Å². The lowest BCUT2D eigenvalue weighted by Gasteiger charge is -2.10. The summed E-state index contributed by atoms with van der Waals surface area (Å²) in [7, 11) is 0. The van der Waals surface area contributed by atoms with Crippen LogP contribution in [0, 0.1) is 11.6 Å². The molecule has 0 aliphatic carbocycles. The third kappa shape index (κ3) is 2.70. The summed E-state index contributed by atoms with van der Waals surface area (Å²) in [5.74, 6) is -1.43. The third-order valence-corrected chi connectivity index (χ3v) is 2.82. The Hall–Kier alpha value is -2.04. The van der Waals surface area contributed by atoms with Crippen molar-refractivity contribution in [1.29, 1.82) is 0 Å². The van der Waals surface area contributed by atoms with Crippen LogP contribution in [0.1, 0.15) is 35.9 Å². The number of carbonyl (C=O) groups is 1. The number of carbonyl (C=O) groups excluding carboxylic acids is 1. The number of rotatable bonds is 4. The van der Waals surface area contributed by atoms with E-state index in [9.17, 15) is 13.6 Å². The maximum atomic E-state index is 13.5. The van der Waals surface area contributed by atoms with E-state index >= 15 is 0 Å². The van der Waals surface area contributed by atoms with Crippen LogP contribution in [0.2, 0.25) is 0 Å². The van der Waals surface area contributed by atoms with Crippen molar-refractivity contribution >= 4 is 5.78 Å². The Morgan fingerprint density at radius 3 is 2.53 bits per heavy atom. The molecule has 1 aromatic heterocycles. The summed E-state index contributed by atoms with van der Waals surface area (Å²) in [6, 6.07) is 3.39. The van der Waals surface area contributed by atoms with Gasteiger partial charge in [-0.2, -0.15) is 0 Å². The molecule has 3 nitrogen and oxygen atoms in total. The van der Waals surface area contributed by atoms with E-state index in [0.717, 1.165) is 12.1 Å². The fraction of sp³-hybridized carbons (Fsp3) is 0.286. The standard InChI is InChI=1S/C14H14F2N2O/c1-9(2)14-17-6-7-18(14)8-12(19)13-10(15)4-3-5-11(13)16/h3-7,9H,8H2,1-2H3. The Labute approximate surface area is 109 Å². The Balaban J connectivity index is 2.29. The van der Waals surface area contributed by atoms with Crippen molar-refractivity contribution in [2.24, 2.45) is 0 Å². The summed E-state index contributed by atoms with van der Waals surface area (Å²) in [5, 5.41) is 0. The minimum atomic E-state index is -0.837. The first kappa shape index (κ1) is 13.4. The monoisotopic (exact) mass is 264 g/mol. The Bertz CT molecular complexity index is 585. The van der Waals surface area contributed by atoms with E-state index in [0.29, 0.717) is 5.82 Å². The van der Waals surface area contributed by atoms with Gasteiger partial charge in [0.2, 0.25) is 0 Å². The number of ketones is 1. The molecule has 0 amide bonds. The molecule has 0 spiro atoms. The van der Waals surface area contributed by atoms with E-state index in [1.807, 2.05) is 13.8 Å². The third-order valence-electron chi connectivity index (χ3n) is 2.82. The molecule has 100 valence electrons. The average Bonchev–Trinajstić information content (AvgIpc) is 2.76. The summed E-state index contributed by atoms with van der Waals surface area (Å²) in [4.78, 5) is 16.1. The number of Topliss-reactive ketones (excluding diaryl/α,β-unsaturated/α-hetero) is 1. The van der Waals surface area contributed by atoms with Crippen molar-refractivity contribution in [3.8, 4) is 0 Å². The summed E-state index contributed by atoms with van der Waals surface area (Å²) in [6.45, 7) is 3.76. The van der Waals surface area contributed by atoms with E-state index in [1.165, 1.54) is 6.07 Å². The van der Waals surface area contributed by atoms with Gasteiger partial charge in [0.1, 0.15) is 17.5 Å². The van der Waals surface area contributed by atoms with Gasteiger partial charge in [-0.25, -0.2) is 13.8 Å². The van der Waals surface area contributed by atoms with Crippen molar-refractivity contribution in [2.45, 2.75) is 26.3 Å². The summed E-state index contributed by atoms with van der Waals surface area (Å²) >= 11 is 0. The van der Waals surface area contributed by atoms with E-state index < -0.39 is 23.0 Å². The van der Waals surface area contributed by atoms with E-state index in [1.54, 1.807) is 17.0 Å². The fourth-order valence-corrected chi connectivity index (χ4v) is 1.95. The molecule has 1 aromatic carbocycles. The largest absolute Gasteiger partial charge is 0.327 e. The molecule has 0 saturated heterocycles. The van der Waals surface area contributed by atoms with Crippen LogP contribution in [0.5, 0.6) is 0 Å². The van der Waals surface area contributed by atoms with Crippen LogP contribution in [0.4, 0.5) is 8.78 Å². The number of halogens is 2. The van der Waals surface area contributed by atoms with Crippen LogP contribution < -0.4 is 0 Å². The zero-order valence-electron chi connectivity index (χ0n) is 10.7. The minimum Gasteiger partial charge on any atom is -0.327 e.